The highest BCUT2D eigenvalue weighted by Gasteiger charge is 2.37. The molecule has 0 bridgehead atoms. The van der Waals surface area contributed by atoms with Crippen LogP contribution in [0.25, 0.3) is 6.08 Å². The van der Waals surface area contributed by atoms with Crippen LogP contribution >= 0.6 is 11.6 Å². The number of benzene rings is 3. The number of non-ortho nitro benzene ring substituents is 1. The molecule has 13 heteroatoms. The lowest BCUT2D eigenvalue weighted by molar-refractivity contribution is -0.384. The third-order valence-corrected chi connectivity index (χ3v) is 5.67. The van der Waals surface area contributed by atoms with E-state index in [1.165, 1.54) is 37.5 Å². The summed E-state index contributed by atoms with van der Waals surface area (Å²) in [5, 5.41) is 15.7. The molecule has 4 rings (SSSR count). The topological polar surface area (TPSA) is 157 Å². The molecule has 5 amide bonds. The molecule has 1 aliphatic rings. The van der Waals surface area contributed by atoms with Crippen molar-refractivity contribution in [2.45, 2.75) is 0 Å². The lowest BCUT2D eigenvalue weighted by Gasteiger charge is -2.26. The van der Waals surface area contributed by atoms with E-state index in [-0.39, 0.29) is 40.1 Å². The molecule has 39 heavy (non-hydrogen) atoms. The number of para-hydroxylation sites is 1. The number of rotatable bonds is 8. The highest BCUT2D eigenvalue weighted by Crippen LogP contribution is 2.37. The lowest BCUT2D eigenvalue weighted by Crippen LogP contribution is -2.54. The SMILES string of the molecule is COc1cc(/C=C2\C(=O)NC(=O)N(c3ccc([N+](=O)[O-])cc3)C2=O)cc(Cl)c1OCC(=O)Nc1ccccc1. The summed E-state index contributed by atoms with van der Waals surface area (Å²) in [4.78, 5) is 61.2. The van der Waals surface area contributed by atoms with E-state index >= 15 is 0 Å². The highest BCUT2D eigenvalue weighted by molar-refractivity contribution is 6.39. The maximum absolute atomic E-state index is 13.1. The lowest BCUT2D eigenvalue weighted by atomic mass is 10.1. The number of methoxy groups -OCH3 is 1. The number of barbiturate groups is 1. The van der Waals surface area contributed by atoms with Crippen molar-refractivity contribution in [2.24, 2.45) is 0 Å². The van der Waals surface area contributed by atoms with E-state index in [0.29, 0.717) is 10.6 Å². The fourth-order valence-electron chi connectivity index (χ4n) is 3.60. The Balaban J connectivity index is 1.56. The molecule has 0 radical (unpaired) electrons. The van der Waals surface area contributed by atoms with Gasteiger partial charge in [0.15, 0.2) is 18.1 Å². The maximum atomic E-state index is 13.1. The first kappa shape index (κ1) is 26.8. The smallest absolute Gasteiger partial charge is 0.335 e. The summed E-state index contributed by atoms with van der Waals surface area (Å²) in [6, 6.07) is 15.2. The van der Waals surface area contributed by atoms with Gasteiger partial charge in [-0.15, -0.1) is 0 Å². The fourth-order valence-corrected chi connectivity index (χ4v) is 3.88. The zero-order valence-corrected chi connectivity index (χ0v) is 20.9. The van der Waals surface area contributed by atoms with Crippen molar-refractivity contribution in [1.82, 2.24) is 5.32 Å². The Morgan fingerprint density at radius 3 is 2.44 bits per heavy atom. The van der Waals surface area contributed by atoms with E-state index in [1.807, 2.05) is 6.07 Å². The van der Waals surface area contributed by atoms with Crippen LogP contribution < -0.4 is 25.0 Å². The van der Waals surface area contributed by atoms with Gasteiger partial charge in [-0.3, -0.25) is 29.8 Å². The second kappa shape index (κ2) is 11.4. The molecule has 1 heterocycles. The zero-order chi connectivity index (χ0) is 28.1. The number of nitrogens with one attached hydrogen (secondary N) is 2. The van der Waals surface area contributed by atoms with Gasteiger partial charge in [-0.2, -0.15) is 0 Å². The van der Waals surface area contributed by atoms with Crippen molar-refractivity contribution < 1.29 is 33.6 Å². The molecule has 1 fully saturated rings. The largest absolute Gasteiger partial charge is 0.493 e. The number of hydrogen-bond donors (Lipinski definition) is 2. The van der Waals surface area contributed by atoms with Crippen LogP contribution in [0.5, 0.6) is 11.5 Å². The molecule has 3 aromatic carbocycles. The molecule has 3 aromatic rings. The Morgan fingerprint density at radius 1 is 1.10 bits per heavy atom. The number of imide groups is 2. The quantitative estimate of drug-likeness (QED) is 0.185. The summed E-state index contributed by atoms with van der Waals surface area (Å²) in [6.07, 6.45) is 1.20. The number of amides is 5. The van der Waals surface area contributed by atoms with Crippen LogP contribution in [0, 0.1) is 10.1 Å². The number of ether oxygens (including phenoxy) is 2. The predicted octanol–water partition coefficient (Wildman–Crippen LogP) is 3.94. The first-order valence-electron chi connectivity index (χ1n) is 11.2. The predicted molar refractivity (Wildman–Crippen MR) is 141 cm³/mol. The number of carbonyl (C=O) groups is 4. The molecule has 0 aromatic heterocycles. The standard InChI is InChI=1S/C26H19ClN4O8/c1-38-21-13-15(12-20(27)23(21)39-14-22(32)28-16-5-3-2-4-6-16)11-19-24(33)29-26(35)30(25(19)34)17-7-9-18(10-8-17)31(36)37/h2-13H,14H2,1H3,(H,28,32)(H,29,33,35)/b19-11+. The molecule has 2 N–H and O–H groups in total. The van der Waals surface area contributed by atoms with Gasteiger partial charge in [0.05, 0.1) is 22.7 Å². The first-order chi connectivity index (χ1) is 18.7. The summed E-state index contributed by atoms with van der Waals surface area (Å²) < 4.78 is 10.9. The van der Waals surface area contributed by atoms with Gasteiger partial charge < -0.3 is 14.8 Å². The molecule has 1 aliphatic heterocycles. The van der Waals surface area contributed by atoms with E-state index in [2.05, 4.69) is 10.6 Å². The fraction of sp³-hybridized carbons (Fsp3) is 0.0769. The van der Waals surface area contributed by atoms with E-state index in [0.717, 1.165) is 12.1 Å². The zero-order valence-electron chi connectivity index (χ0n) is 20.2. The molecular weight excluding hydrogens is 532 g/mol. The van der Waals surface area contributed by atoms with Crippen molar-refractivity contribution >= 4 is 58.5 Å². The molecule has 0 spiro atoms. The van der Waals surface area contributed by atoms with Crippen LogP contribution in [-0.4, -0.2) is 42.4 Å². The van der Waals surface area contributed by atoms with Crippen molar-refractivity contribution in [1.29, 1.82) is 0 Å². The van der Waals surface area contributed by atoms with Gasteiger partial charge in [-0.05, 0) is 48.0 Å². The van der Waals surface area contributed by atoms with E-state index < -0.39 is 34.2 Å². The van der Waals surface area contributed by atoms with Gasteiger partial charge in [0.25, 0.3) is 23.4 Å². The van der Waals surface area contributed by atoms with Crippen LogP contribution in [-0.2, 0) is 14.4 Å². The Kier molecular flexibility index (Phi) is 7.87. The van der Waals surface area contributed by atoms with Gasteiger partial charge >= 0.3 is 6.03 Å². The van der Waals surface area contributed by atoms with Crippen molar-refractivity contribution in [3.05, 3.63) is 93.0 Å². The Labute approximate surface area is 225 Å². The molecule has 0 unspecified atom stereocenters. The van der Waals surface area contributed by atoms with Crippen molar-refractivity contribution in [2.75, 3.05) is 23.9 Å². The van der Waals surface area contributed by atoms with Crippen molar-refractivity contribution in [3.63, 3.8) is 0 Å². The molecule has 0 atom stereocenters. The van der Waals surface area contributed by atoms with E-state index in [4.69, 9.17) is 21.1 Å². The van der Waals surface area contributed by atoms with Gasteiger partial charge in [0.1, 0.15) is 5.57 Å². The van der Waals surface area contributed by atoms with Crippen molar-refractivity contribution in [3.8, 4) is 11.5 Å². The molecule has 12 nitrogen and oxygen atoms in total. The minimum atomic E-state index is -1.01. The second-order valence-corrected chi connectivity index (χ2v) is 8.38. The Bertz CT molecular complexity index is 1510. The van der Waals surface area contributed by atoms with Crippen LogP contribution in [0.1, 0.15) is 5.56 Å². The summed E-state index contributed by atoms with van der Waals surface area (Å²) in [7, 11) is 1.34. The Hall–Kier alpha value is -5.23. The molecular formula is C26H19ClN4O8. The van der Waals surface area contributed by atoms with Gasteiger partial charge in [0.2, 0.25) is 0 Å². The minimum Gasteiger partial charge on any atom is -0.493 e. The third-order valence-electron chi connectivity index (χ3n) is 5.39. The molecule has 0 aliphatic carbocycles. The Morgan fingerprint density at radius 2 is 1.79 bits per heavy atom. The summed E-state index contributed by atoms with van der Waals surface area (Å²) in [6.45, 7) is -0.376. The first-order valence-corrected chi connectivity index (χ1v) is 11.6. The number of carbonyl (C=O) groups excluding carboxylic acids is 4. The number of hydrogen-bond acceptors (Lipinski definition) is 8. The van der Waals surface area contributed by atoms with Gasteiger partial charge in [0, 0.05) is 17.8 Å². The van der Waals surface area contributed by atoms with Gasteiger partial charge in [-0.25, -0.2) is 9.69 Å². The normalized spacial score (nSPS) is 14.2. The molecule has 0 saturated carbocycles. The number of urea groups is 1. The van der Waals surface area contributed by atoms with Crippen LogP contribution in [0.3, 0.4) is 0 Å². The second-order valence-electron chi connectivity index (χ2n) is 7.97. The number of anilines is 2. The molecule has 1 saturated heterocycles. The summed E-state index contributed by atoms with van der Waals surface area (Å²) in [5.74, 6) is -2.16. The average molecular weight is 551 g/mol. The van der Waals surface area contributed by atoms with Crippen LogP contribution in [0.4, 0.5) is 21.9 Å². The highest BCUT2D eigenvalue weighted by atomic mass is 35.5. The summed E-state index contributed by atoms with van der Waals surface area (Å²) >= 11 is 6.36. The van der Waals surface area contributed by atoms with Gasteiger partial charge in [-0.1, -0.05) is 29.8 Å². The van der Waals surface area contributed by atoms with Crippen LogP contribution in [0.15, 0.2) is 72.3 Å². The average Bonchev–Trinajstić information content (AvgIpc) is 2.91. The minimum absolute atomic E-state index is 0.0228. The number of nitro benzene ring substituents is 1. The van der Waals surface area contributed by atoms with E-state index in [9.17, 15) is 29.3 Å². The monoisotopic (exact) mass is 550 g/mol. The molecule has 198 valence electrons. The van der Waals surface area contributed by atoms with E-state index in [1.54, 1.807) is 24.3 Å². The number of halogens is 1. The number of nitro groups is 1. The maximum Gasteiger partial charge on any atom is 0.335 e. The summed E-state index contributed by atoms with van der Waals surface area (Å²) in [5.41, 5.74) is 0.228. The van der Waals surface area contributed by atoms with Crippen LogP contribution in [0.2, 0.25) is 5.02 Å². The third kappa shape index (κ3) is 6.02. The number of nitrogens with zero attached hydrogens (tertiary/aromatic N) is 2.